The largest absolute Gasteiger partial charge is 0.492 e. The molecule has 0 saturated heterocycles. The molecular weight excluding hydrogens is 247 g/mol. The minimum Gasteiger partial charge on any atom is -0.492 e. The van der Waals surface area contributed by atoms with Gasteiger partial charge in [0.2, 0.25) is 0 Å². The number of hydrogen-bond donors (Lipinski definition) is 0. The lowest BCUT2D eigenvalue weighted by molar-refractivity contribution is 0.287. The molecule has 0 aliphatic rings. The summed E-state index contributed by atoms with van der Waals surface area (Å²) in [6.45, 7) is 4.95. The maximum Gasteiger partial charge on any atom is 0.133 e. The fraction of sp³-hybridized carbons (Fsp3) is 0.455. The first kappa shape index (κ1) is 11.5. The van der Waals surface area contributed by atoms with Crippen molar-refractivity contribution in [3.8, 4) is 5.75 Å². The molecule has 1 nitrogen and oxygen atoms in total. The number of hydrogen-bond acceptors (Lipinski definition) is 1. The molecule has 0 atom stereocenters. The topological polar surface area (TPSA) is 9.23 Å². The molecule has 1 rings (SSSR count). The quantitative estimate of drug-likeness (QED) is 0.795. The van der Waals surface area contributed by atoms with E-state index in [-0.39, 0.29) is 5.82 Å². The molecule has 14 heavy (non-hydrogen) atoms. The molecule has 0 amide bonds. The van der Waals surface area contributed by atoms with E-state index >= 15 is 0 Å². The van der Waals surface area contributed by atoms with Gasteiger partial charge in [-0.2, -0.15) is 0 Å². The summed E-state index contributed by atoms with van der Waals surface area (Å²) in [7, 11) is 0. The van der Waals surface area contributed by atoms with E-state index in [0.717, 1.165) is 6.42 Å². The van der Waals surface area contributed by atoms with Crippen molar-refractivity contribution in [3.05, 3.63) is 28.5 Å². The molecule has 0 aliphatic heterocycles. The summed E-state index contributed by atoms with van der Waals surface area (Å²) in [6, 6.07) is 4.44. The normalized spacial score (nSPS) is 10.6. The van der Waals surface area contributed by atoms with Gasteiger partial charge < -0.3 is 4.74 Å². The Morgan fingerprint density at radius 2 is 2.14 bits per heavy atom. The van der Waals surface area contributed by atoms with E-state index in [0.29, 0.717) is 22.7 Å². The predicted octanol–water partition coefficient (Wildman–Crippen LogP) is 4.01. The summed E-state index contributed by atoms with van der Waals surface area (Å²) in [6.07, 6.45) is 1.00. The molecule has 0 unspecified atom stereocenters. The Bertz CT molecular complexity index is 299. The number of rotatable bonds is 4. The average molecular weight is 261 g/mol. The Balaban J connectivity index is 2.51. The summed E-state index contributed by atoms with van der Waals surface area (Å²) in [4.78, 5) is 0. The van der Waals surface area contributed by atoms with Gasteiger partial charge in [-0.3, -0.25) is 0 Å². The van der Waals surface area contributed by atoms with Crippen molar-refractivity contribution in [1.82, 2.24) is 0 Å². The predicted molar refractivity (Wildman–Crippen MR) is 59.1 cm³/mol. The lowest BCUT2D eigenvalue weighted by atomic mass is 10.1. The van der Waals surface area contributed by atoms with E-state index in [2.05, 4.69) is 29.8 Å². The average Bonchev–Trinajstić information content (AvgIpc) is 2.08. The molecule has 0 heterocycles. The smallest absolute Gasteiger partial charge is 0.133 e. The van der Waals surface area contributed by atoms with Gasteiger partial charge in [0.05, 0.1) is 11.1 Å². The fourth-order valence-corrected chi connectivity index (χ4v) is 1.46. The highest BCUT2D eigenvalue weighted by Crippen LogP contribution is 2.25. The van der Waals surface area contributed by atoms with Crippen molar-refractivity contribution < 1.29 is 9.13 Å². The zero-order valence-electron chi connectivity index (χ0n) is 8.39. The van der Waals surface area contributed by atoms with Crippen LogP contribution in [-0.2, 0) is 0 Å². The third-order valence-corrected chi connectivity index (χ3v) is 2.47. The second kappa shape index (κ2) is 5.35. The monoisotopic (exact) mass is 260 g/mol. The molecular formula is C11H14BrFO. The van der Waals surface area contributed by atoms with Crippen LogP contribution in [0.25, 0.3) is 0 Å². The van der Waals surface area contributed by atoms with Gasteiger partial charge in [-0.25, -0.2) is 4.39 Å². The molecule has 78 valence electrons. The highest BCUT2D eigenvalue weighted by atomic mass is 79.9. The Kier molecular flexibility index (Phi) is 4.39. The molecule has 1 aromatic rings. The highest BCUT2D eigenvalue weighted by molar-refractivity contribution is 9.10. The fourth-order valence-electron chi connectivity index (χ4n) is 0.997. The van der Waals surface area contributed by atoms with Gasteiger partial charge >= 0.3 is 0 Å². The first-order valence-corrected chi connectivity index (χ1v) is 5.46. The van der Waals surface area contributed by atoms with E-state index in [9.17, 15) is 4.39 Å². The van der Waals surface area contributed by atoms with Crippen LogP contribution in [0, 0.1) is 11.7 Å². The molecule has 0 spiro atoms. The van der Waals surface area contributed by atoms with Crippen LogP contribution in [-0.4, -0.2) is 6.61 Å². The highest BCUT2D eigenvalue weighted by Gasteiger charge is 2.02. The van der Waals surface area contributed by atoms with Gasteiger partial charge in [-0.1, -0.05) is 13.8 Å². The standard InChI is InChI=1S/C11H14BrFO/c1-8(2)5-6-14-11-4-3-9(13)7-10(11)12/h3-4,7-8H,5-6H2,1-2H3. The number of halogens is 2. The Morgan fingerprint density at radius 3 is 2.71 bits per heavy atom. The first-order chi connectivity index (χ1) is 6.59. The zero-order chi connectivity index (χ0) is 10.6. The molecule has 0 aliphatic carbocycles. The molecule has 3 heteroatoms. The van der Waals surface area contributed by atoms with Crippen molar-refractivity contribution >= 4 is 15.9 Å². The molecule has 0 bridgehead atoms. The molecule has 1 aromatic carbocycles. The molecule has 0 radical (unpaired) electrons. The van der Waals surface area contributed by atoms with Gasteiger partial charge in [0, 0.05) is 0 Å². The third kappa shape index (κ3) is 3.66. The summed E-state index contributed by atoms with van der Waals surface area (Å²) in [5, 5.41) is 0. The zero-order valence-corrected chi connectivity index (χ0v) is 9.97. The van der Waals surface area contributed by atoms with Crippen LogP contribution in [0.1, 0.15) is 20.3 Å². The van der Waals surface area contributed by atoms with Gasteiger partial charge in [-0.05, 0) is 46.5 Å². The van der Waals surface area contributed by atoms with E-state index < -0.39 is 0 Å². The SMILES string of the molecule is CC(C)CCOc1ccc(F)cc1Br. The molecule has 0 fully saturated rings. The second-order valence-corrected chi connectivity index (χ2v) is 4.46. The van der Waals surface area contributed by atoms with E-state index in [4.69, 9.17) is 4.74 Å². The number of ether oxygens (including phenoxy) is 1. The summed E-state index contributed by atoms with van der Waals surface area (Å²) in [5.41, 5.74) is 0. The van der Waals surface area contributed by atoms with E-state index in [1.54, 1.807) is 6.07 Å². The van der Waals surface area contributed by atoms with Crippen LogP contribution in [0.15, 0.2) is 22.7 Å². The molecule has 0 N–H and O–H groups in total. The van der Waals surface area contributed by atoms with Crippen LogP contribution in [0.5, 0.6) is 5.75 Å². The summed E-state index contributed by atoms with van der Waals surface area (Å²) >= 11 is 3.25. The van der Waals surface area contributed by atoms with Gasteiger partial charge in [0.25, 0.3) is 0 Å². The maximum atomic E-state index is 12.7. The van der Waals surface area contributed by atoms with Gasteiger partial charge in [0.1, 0.15) is 11.6 Å². The van der Waals surface area contributed by atoms with Crippen LogP contribution in [0.3, 0.4) is 0 Å². The molecule has 0 aromatic heterocycles. The van der Waals surface area contributed by atoms with Crippen molar-refractivity contribution in [2.45, 2.75) is 20.3 Å². The third-order valence-electron chi connectivity index (χ3n) is 1.85. The van der Waals surface area contributed by atoms with Gasteiger partial charge in [-0.15, -0.1) is 0 Å². The van der Waals surface area contributed by atoms with Crippen molar-refractivity contribution in [3.63, 3.8) is 0 Å². The van der Waals surface area contributed by atoms with E-state index in [1.807, 2.05) is 0 Å². The Hall–Kier alpha value is -0.570. The van der Waals surface area contributed by atoms with Crippen molar-refractivity contribution in [2.75, 3.05) is 6.61 Å². The second-order valence-electron chi connectivity index (χ2n) is 3.61. The molecule has 0 saturated carbocycles. The van der Waals surface area contributed by atoms with Crippen molar-refractivity contribution in [2.24, 2.45) is 5.92 Å². The van der Waals surface area contributed by atoms with Crippen LogP contribution >= 0.6 is 15.9 Å². The minimum atomic E-state index is -0.256. The summed E-state index contributed by atoms with van der Waals surface area (Å²) < 4.78 is 18.9. The van der Waals surface area contributed by atoms with E-state index in [1.165, 1.54) is 12.1 Å². The lowest BCUT2D eigenvalue weighted by Crippen LogP contribution is -2.01. The minimum absolute atomic E-state index is 0.256. The lowest BCUT2D eigenvalue weighted by Gasteiger charge is -2.09. The number of benzene rings is 1. The Morgan fingerprint density at radius 1 is 1.43 bits per heavy atom. The van der Waals surface area contributed by atoms with Gasteiger partial charge in [0.15, 0.2) is 0 Å². The Labute approximate surface area is 92.4 Å². The first-order valence-electron chi connectivity index (χ1n) is 4.67. The van der Waals surface area contributed by atoms with Crippen LogP contribution in [0.4, 0.5) is 4.39 Å². The van der Waals surface area contributed by atoms with Crippen molar-refractivity contribution in [1.29, 1.82) is 0 Å². The van der Waals surface area contributed by atoms with Crippen LogP contribution < -0.4 is 4.74 Å². The maximum absolute atomic E-state index is 12.7. The van der Waals surface area contributed by atoms with Crippen LogP contribution in [0.2, 0.25) is 0 Å². The summed E-state index contributed by atoms with van der Waals surface area (Å²) in [5.74, 6) is 1.06.